The highest BCUT2D eigenvalue weighted by Crippen LogP contribution is 2.30. The van der Waals surface area contributed by atoms with Crippen LogP contribution < -0.4 is 0 Å². The smallest absolute Gasteiger partial charge is 0.410 e. The topological polar surface area (TPSA) is 41.9 Å². The minimum absolute atomic E-state index is 0.133. The molecule has 4 heteroatoms. The first-order valence-corrected chi connectivity index (χ1v) is 8.68. The van der Waals surface area contributed by atoms with Crippen LogP contribution in [0.5, 0.6) is 0 Å². The Morgan fingerprint density at radius 2 is 1.88 bits per heavy atom. The van der Waals surface area contributed by atoms with Crippen LogP contribution in [-0.2, 0) is 4.74 Å². The number of carbonyl (C=O) groups is 1. The van der Waals surface area contributed by atoms with Crippen LogP contribution in [0.4, 0.5) is 4.79 Å². The van der Waals surface area contributed by atoms with Crippen molar-refractivity contribution < 1.29 is 9.53 Å². The lowest BCUT2D eigenvalue weighted by molar-refractivity contribution is 0.0192. The maximum atomic E-state index is 12.3. The highest BCUT2D eigenvalue weighted by atomic mass is 16.6. The Kier molecular flexibility index (Phi) is 5.36. The highest BCUT2D eigenvalue weighted by molar-refractivity contribution is 5.92. The van der Waals surface area contributed by atoms with Crippen molar-refractivity contribution in [3.63, 3.8) is 0 Å². The average Bonchev–Trinajstić information content (AvgIpc) is 2.48. The van der Waals surface area contributed by atoms with E-state index in [0.717, 1.165) is 6.42 Å². The molecule has 4 nitrogen and oxygen atoms in total. The van der Waals surface area contributed by atoms with Gasteiger partial charge in [-0.25, -0.2) is 4.79 Å². The lowest BCUT2D eigenvalue weighted by Gasteiger charge is -2.40. The number of carbonyl (C=O) groups excluding carboxylic acids is 1. The van der Waals surface area contributed by atoms with Crippen molar-refractivity contribution in [2.75, 3.05) is 13.1 Å². The molecule has 1 fully saturated rings. The summed E-state index contributed by atoms with van der Waals surface area (Å²) in [5.41, 5.74) is 1.80. The zero-order valence-electron chi connectivity index (χ0n) is 15.8. The van der Waals surface area contributed by atoms with E-state index in [2.05, 4.69) is 32.9 Å². The van der Waals surface area contributed by atoms with E-state index < -0.39 is 5.60 Å². The summed E-state index contributed by atoms with van der Waals surface area (Å²) in [4.78, 5) is 19.1. The number of likely N-dealkylation sites (tertiary alicyclic amines) is 1. The summed E-state index contributed by atoms with van der Waals surface area (Å²) in [5.74, 6) is 0. The van der Waals surface area contributed by atoms with Gasteiger partial charge in [0, 0.05) is 30.6 Å². The van der Waals surface area contributed by atoms with Crippen LogP contribution in [0.15, 0.2) is 35.3 Å². The van der Waals surface area contributed by atoms with E-state index in [1.165, 1.54) is 11.3 Å². The molecule has 24 heavy (non-hydrogen) atoms. The van der Waals surface area contributed by atoms with Crippen molar-refractivity contribution in [2.45, 2.75) is 59.6 Å². The summed E-state index contributed by atoms with van der Waals surface area (Å²) in [6.07, 6.45) is 0.564. The summed E-state index contributed by atoms with van der Waals surface area (Å²) < 4.78 is 5.50. The SMILES string of the molecule is CC(N=C1CCN(C(=O)OC(C)(C)C)CC1(C)C)c1ccccc1. The summed E-state index contributed by atoms with van der Waals surface area (Å²) in [6.45, 7) is 13.4. The van der Waals surface area contributed by atoms with Crippen molar-refractivity contribution in [1.29, 1.82) is 0 Å². The molecule has 1 aromatic rings. The zero-order chi connectivity index (χ0) is 18.0. The third kappa shape index (κ3) is 4.83. The Balaban J connectivity index is 2.08. The van der Waals surface area contributed by atoms with E-state index in [0.29, 0.717) is 13.1 Å². The molecular formula is C20H30N2O2. The van der Waals surface area contributed by atoms with Gasteiger partial charge < -0.3 is 9.64 Å². The van der Waals surface area contributed by atoms with Crippen LogP contribution >= 0.6 is 0 Å². The van der Waals surface area contributed by atoms with Gasteiger partial charge in [-0.15, -0.1) is 0 Å². The number of benzene rings is 1. The quantitative estimate of drug-likeness (QED) is 0.777. The largest absolute Gasteiger partial charge is 0.444 e. The minimum atomic E-state index is -0.461. The molecule has 2 rings (SSSR count). The van der Waals surface area contributed by atoms with Crippen LogP contribution in [0.2, 0.25) is 0 Å². The second-order valence-electron chi connectivity index (χ2n) is 8.20. The molecule has 1 unspecified atom stereocenters. The van der Waals surface area contributed by atoms with Crippen LogP contribution in [-0.4, -0.2) is 35.4 Å². The van der Waals surface area contributed by atoms with Gasteiger partial charge in [0.05, 0.1) is 6.04 Å². The molecule has 0 aliphatic carbocycles. The molecule has 0 spiro atoms. The number of piperidine rings is 1. The lowest BCUT2D eigenvalue weighted by Crippen LogP contribution is -2.50. The molecule has 0 saturated carbocycles. The van der Waals surface area contributed by atoms with Gasteiger partial charge in [0.15, 0.2) is 0 Å². The highest BCUT2D eigenvalue weighted by Gasteiger charge is 2.36. The fourth-order valence-corrected chi connectivity index (χ4v) is 2.99. The van der Waals surface area contributed by atoms with Crippen molar-refractivity contribution >= 4 is 11.8 Å². The van der Waals surface area contributed by atoms with Crippen LogP contribution in [0, 0.1) is 5.41 Å². The maximum Gasteiger partial charge on any atom is 0.410 e. The standard InChI is InChI=1S/C20H30N2O2/c1-15(16-10-8-7-9-11-16)21-17-12-13-22(14-20(17,5)6)18(23)24-19(2,3)4/h7-11,15H,12-14H2,1-6H3. The number of hydrogen-bond acceptors (Lipinski definition) is 3. The predicted octanol–water partition coefficient (Wildman–Crippen LogP) is 4.86. The number of nitrogens with zero attached hydrogens (tertiary/aromatic N) is 2. The second kappa shape index (κ2) is 6.96. The van der Waals surface area contributed by atoms with E-state index in [-0.39, 0.29) is 17.6 Å². The first-order valence-electron chi connectivity index (χ1n) is 8.68. The zero-order valence-corrected chi connectivity index (χ0v) is 15.8. The van der Waals surface area contributed by atoms with Gasteiger partial charge in [0.1, 0.15) is 5.60 Å². The first kappa shape index (κ1) is 18.5. The van der Waals surface area contributed by atoms with Crippen molar-refractivity contribution in [1.82, 2.24) is 4.90 Å². The molecule has 132 valence electrons. The first-order chi connectivity index (χ1) is 11.1. The fourth-order valence-electron chi connectivity index (χ4n) is 2.99. The van der Waals surface area contributed by atoms with Crippen LogP contribution in [0.25, 0.3) is 0 Å². The summed E-state index contributed by atoms with van der Waals surface area (Å²) in [6, 6.07) is 10.5. The number of ether oxygens (including phenoxy) is 1. The molecule has 1 aromatic carbocycles. The molecule has 1 saturated heterocycles. The molecule has 1 amide bonds. The van der Waals surface area contributed by atoms with E-state index in [9.17, 15) is 4.79 Å². The Hall–Kier alpha value is -1.84. The summed E-state index contributed by atoms with van der Waals surface area (Å²) >= 11 is 0. The minimum Gasteiger partial charge on any atom is -0.444 e. The van der Waals surface area contributed by atoms with Crippen molar-refractivity contribution in [3.8, 4) is 0 Å². The third-order valence-electron chi connectivity index (χ3n) is 4.27. The third-order valence-corrected chi connectivity index (χ3v) is 4.27. The maximum absolute atomic E-state index is 12.3. The molecule has 1 heterocycles. The summed E-state index contributed by atoms with van der Waals surface area (Å²) in [7, 11) is 0. The predicted molar refractivity (Wildman–Crippen MR) is 98.5 cm³/mol. The number of aliphatic imine (C=N–C) groups is 1. The van der Waals surface area contributed by atoms with Crippen molar-refractivity contribution in [3.05, 3.63) is 35.9 Å². The van der Waals surface area contributed by atoms with Gasteiger partial charge in [0.2, 0.25) is 0 Å². The normalized spacial score (nSPS) is 20.8. The molecule has 1 aliphatic rings. The van der Waals surface area contributed by atoms with E-state index in [1.807, 2.05) is 39.0 Å². The Morgan fingerprint density at radius 1 is 1.25 bits per heavy atom. The van der Waals surface area contributed by atoms with Crippen LogP contribution in [0.1, 0.15) is 59.6 Å². The number of hydrogen-bond donors (Lipinski definition) is 0. The van der Waals surface area contributed by atoms with Crippen molar-refractivity contribution in [2.24, 2.45) is 10.4 Å². The lowest BCUT2D eigenvalue weighted by atomic mass is 9.81. The van der Waals surface area contributed by atoms with Gasteiger partial charge in [-0.3, -0.25) is 4.99 Å². The van der Waals surface area contributed by atoms with E-state index in [4.69, 9.17) is 9.73 Å². The molecule has 1 atom stereocenters. The molecule has 0 bridgehead atoms. The summed E-state index contributed by atoms with van der Waals surface area (Å²) in [5, 5.41) is 0. The van der Waals surface area contributed by atoms with Gasteiger partial charge in [-0.2, -0.15) is 0 Å². The Labute approximate surface area is 145 Å². The fraction of sp³-hybridized carbons (Fsp3) is 0.600. The molecule has 1 aliphatic heterocycles. The Morgan fingerprint density at radius 3 is 2.42 bits per heavy atom. The number of rotatable bonds is 2. The molecule has 0 radical (unpaired) electrons. The molecular weight excluding hydrogens is 300 g/mol. The van der Waals surface area contributed by atoms with Gasteiger partial charge in [-0.1, -0.05) is 44.2 Å². The second-order valence-corrected chi connectivity index (χ2v) is 8.20. The van der Waals surface area contributed by atoms with E-state index in [1.54, 1.807) is 4.90 Å². The number of amides is 1. The molecule has 0 N–H and O–H groups in total. The van der Waals surface area contributed by atoms with Gasteiger partial charge >= 0.3 is 6.09 Å². The Bertz CT molecular complexity index is 600. The monoisotopic (exact) mass is 330 g/mol. The van der Waals surface area contributed by atoms with Gasteiger partial charge in [0.25, 0.3) is 0 Å². The van der Waals surface area contributed by atoms with E-state index >= 15 is 0 Å². The molecule has 0 aromatic heterocycles. The van der Waals surface area contributed by atoms with Gasteiger partial charge in [-0.05, 0) is 33.3 Å². The van der Waals surface area contributed by atoms with Crippen LogP contribution in [0.3, 0.4) is 0 Å². The average molecular weight is 330 g/mol.